The van der Waals surface area contributed by atoms with Gasteiger partial charge in [0.1, 0.15) is 5.82 Å². The number of benzene rings is 2. The largest absolute Gasteiger partial charge is 0.372 e. The lowest BCUT2D eigenvalue weighted by atomic mass is 10.1. The van der Waals surface area contributed by atoms with Gasteiger partial charge >= 0.3 is 0 Å². The van der Waals surface area contributed by atoms with Crippen LogP contribution in [0.5, 0.6) is 0 Å². The molecule has 2 aromatic carbocycles. The fourth-order valence-corrected chi connectivity index (χ4v) is 4.47. The van der Waals surface area contributed by atoms with Gasteiger partial charge in [0.25, 0.3) is 5.91 Å². The second-order valence-electron chi connectivity index (χ2n) is 9.47. The average molecular weight is 488 g/mol. The minimum absolute atomic E-state index is 0.00889. The van der Waals surface area contributed by atoms with E-state index in [1.807, 2.05) is 43.1 Å². The van der Waals surface area contributed by atoms with Crippen molar-refractivity contribution in [3.63, 3.8) is 0 Å². The molecule has 1 N–H and O–H groups in total. The number of hydrogen-bond donors (Lipinski definition) is 1. The normalized spacial score (nSPS) is 14.5. The highest BCUT2D eigenvalue weighted by Crippen LogP contribution is 2.30. The Bertz CT molecular complexity index is 1150. The molecule has 0 radical (unpaired) electrons. The van der Waals surface area contributed by atoms with Gasteiger partial charge in [0.2, 0.25) is 0 Å². The Kier molecular flexibility index (Phi) is 8.57. The van der Waals surface area contributed by atoms with Crippen LogP contribution in [0.2, 0.25) is 0 Å². The molecule has 0 bridgehead atoms. The molecule has 1 aliphatic heterocycles. The van der Waals surface area contributed by atoms with E-state index in [4.69, 9.17) is 4.74 Å². The zero-order chi connectivity index (χ0) is 25.5. The topological polar surface area (TPSA) is 60.9 Å². The molecule has 4 rings (SSSR count). The Morgan fingerprint density at radius 2 is 1.89 bits per heavy atom. The predicted molar refractivity (Wildman–Crippen MR) is 147 cm³/mol. The van der Waals surface area contributed by atoms with Gasteiger partial charge in [0, 0.05) is 51.2 Å². The summed E-state index contributed by atoms with van der Waals surface area (Å²) in [6.07, 6.45) is 2.61. The lowest BCUT2D eigenvalue weighted by Crippen LogP contribution is -2.33. The molecule has 1 amide bonds. The molecule has 36 heavy (non-hydrogen) atoms. The molecule has 0 spiro atoms. The van der Waals surface area contributed by atoms with Crippen LogP contribution in [0.1, 0.15) is 40.9 Å². The first kappa shape index (κ1) is 25.7. The molecule has 1 aromatic heterocycles. The first-order valence-corrected chi connectivity index (χ1v) is 12.6. The monoisotopic (exact) mass is 487 g/mol. The van der Waals surface area contributed by atoms with Gasteiger partial charge in [0.05, 0.1) is 24.0 Å². The van der Waals surface area contributed by atoms with E-state index < -0.39 is 0 Å². The van der Waals surface area contributed by atoms with Crippen molar-refractivity contribution in [3.05, 3.63) is 83.6 Å². The molecule has 1 unspecified atom stereocenters. The fraction of sp³-hybridized carbons (Fsp3) is 0.379. The Hall–Kier alpha value is -3.42. The molecule has 0 saturated heterocycles. The number of carbonyl (C=O) groups excluding carboxylic acids is 1. The minimum Gasteiger partial charge on any atom is -0.372 e. The molecule has 7 nitrogen and oxygen atoms in total. The van der Waals surface area contributed by atoms with Crippen molar-refractivity contribution >= 4 is 23.1 Å². The number of carbonyl (C=O) groups is 1. The lowest BCUT2D eigenvalue weighted by Gasteiger charge is -2.23. The van der Waals surface area contributed by atoms with E-state index in [0.29, 0.717) is 18.7 Å². The standard InChI is InChI=1S/C29H37N5O2/c1-5-30-28-19-26-25(20-31-28)29(35)34(17-16-33(26)4)24-13-9-10-22(18-24)21-36-27(14-15-32(2)3)23-11-7-6-8-12-23/h6-13,18-20,27H,5,14-17,21H2,1-4H3,(H,30,31). The van der Waals surface area contributed by atoms with Crippen molar-refractivity contribution in [2.24, 2.45) is 0 Å². The minimum atomic E-state index is -0.0314. The van der Waals surface area contributed by atoms with Crippen LogP contribution in [0.4, 0.5) is 17.2 Å². The van der Waals surface area contributed by atoms with Crippen molar-refractivity contribution in [3.8, 4) is 0 Å². The third kappa shape index (κ3) is 6.22. The number of pyridine rings is 1. The number of nitrogens with zero attached hydrogens (tertiary/aromatic N) is 4. The van der Waals surface area contributed by atoms with E-state index in [1.165, 1.54) is 5.56 Å². The molecule has 0 saturated carbocycles. The predicted octanol–water partition coefficient (Wildman–Crippen LogP) is 4.82. The van der Waals surface area contributed by atoms with Crippen LogP contribution in [-0.4, -0.2) is 63.1 Å². The number of aromatic nitrogens is 1. The summed E-state index contributed by atoms with van der Waals surface area (Å²) in [4.78, 5) is 24.2. The molecule has 1 atom stereocenters. The summed E-state index contributed by atoms with van der Waals surface area (Å²) >= 11 is 0. The summed E-state index contributed by atoms with van der Waals surface area (Å²) < 4.78 is 6.41. The summed E-state index contributed by atoms with van der Waals surface area (Å²) in [7, 11) is 6.18. The van der Waals surface area contributed by atoms with E-state index in [9.17, 15) is 4.79 Å². The van der Waals surface area contributed by atoms with E-state index >= 15 is 0 Å². The summed E-state index contributed by atoms with van der Waals surface area (Å²) in [5.41, 5.74) is 4.63. The highest BCUT2D eigenvalue weighted by Gasteiger charge is 2.27. The first-order valence-electron chi connectivity index (χ1n) is 12.6. The number of amides is 1. The number of rotatable bonds is 10. The number of fused-ring (bicyclic) bond motifs is 1. The summed E-state index contributed by atoms with van der Waals surface area (Å²) in [5.74, 6) is 0.752. The Morgan fingerprint density at radius 3 is 2.64 bits per heavy atom. The van der Waals surface area contributed by atoms with E-state index in [-0.39, 0.29) is 12.0 Å². The maximum absolute atomic E-state index is 13.6. The van der Waals surface area contributed by atoms with Crippen molar-refractivity contribution in [1.82, 2.24) is 9.88 Å². The van der Waals surface area contributed by atoms with E-state index in [0.717, 1.165) is 48.8 Å². The van der Waals surface area contributed by atoms with Crippen LogP contribution in [0.15, 0.2) is 66.9 Å². The van der Waals surface area contributed by atoms with Gasteiger partial charge < -0.3 is 24.8 Å². The maximum atomic E-state index is 13.6. The van der Waals surface area contributed by atoms with Crippen molar-refractivity contribution < 1.29 is 9.53 Å². The summed E-state index contributed by atoms with van der Waals surface area (Å²) in [6.45, 7) is 5.57. The van der Waals surface area contributed by atoms with Crippen LogP contribution < -0.4 is 15.1 Å². The van der Waals surface area contributed by atoms with Gasteiger partial charge in [-0.25, -0.2) is 4.98 Å². The Labute approximate surface area is 214 Å². The van der Waals surface area contributed by atoms with Gasteiger partial charge in [-0.3, -0.25) is 4.79 Å². The zero-order valence-electron chi connectivity index (χ0n) is 21.8. The van der Waals surface area contributed by atoms with E-state index in [1.54, 1.807) is 6.20 Å². The third-order valence-electron chi connectivity index (χ3n) is 6.47. The van der Waals surface area contributed by atoms with Gasteiger partial charge in [0.15, 0.2) is 0 Å². The van der Waals surface area contributed by atoms with Gasteiger partial charge in [-0.2, -0.15) is 0 Å². The highest BCUT2D eigenvalue weighted by molar-refractivity contribution is 6.10. The van der Waals surface area contributed by atoms with Crippen LogP contribution in [0, 0.1) is 0 Å². The molecule has 190 valence electrons. The number of hydrogen-bond acceptors (Lipinski definition) is 6. The van der Waals surface area contributed by atoms with Crippen LogP contribution in [0.25, 0.3) is 0 Å². The second-order valence-corrected chi connectivity index (χ2v) is 9.47. The number of ether oxygens (including phenoxy) is 1. The lowest BCUT2D eigenvalue weighted by molar-refractivity contribution is 0.0296. The second kappa shape index (κ2) is 12.0. The molecule has 7 heteroatoms. The molecule has 3 aromatic rings. The fourth-order valence-electron chi connectivity index (χ4n) is 4.47. The van der Waals surface area contributed by atoms with Crippen LogP contribution in [-0.2, 0) is 11.3 Å². The zero-order valence-corrected chi connectivity index (χ0v) is 21.8. The quantitative estimate of drug-likeness (QED) is 0.443. The third-order valence-corrected chi connectivity index (χ3v) is 6.47. The summed E-state index contributed by atoms with van der Waals surface area (Å²) in [5, 5.41) is 3.23. The number of nitrogens with one attached hydrogen (secondary N) is 1. The maximum Gasteiger partial charge on any atom is 0.262 e. The highest BCUT2D eigenvalue weighted by atomic mass is 16.5. The van der Waals surface area contributed by atoms with Gasteiger partial charge in [-0.05, 0) is 50.7 Å². The SMILES string of the molecule is CCNc1cc2c(cn1)C(=O)N(c1cccc(COC(CCN(C)C)c3ccccc3)c1)CCN2C. The molecular formula is C29H37N5O2. The van der Waals surface area contributed by atoms with Gasteiger partial charge in [-0.1, -0.05) is 42.5 Å². The summed E-state index contributed by atoms with van der Waals surface area (Å²) in [6, 6.07) is 20.5. The molecule has 1 aliphatic rings. The van der Waals surface area contributed by atoms with Crippen LogP contribution >= 0.6 is 0 Å². The molecule has 0 fully saturated rings. The van der Waals surface area contributed by atoms with Crippen molar-refractivity contribution in [2.75, 3.05) is 62.4 Å². The first-order chi connectivity index (χ1) is 17.5. The Morgan fingerprint density at radius 1 is 1.08 bits per heavy atom. The average Bonchev–Trinajstić information content (AvgIpc) is 3.01. The number of likely N-dealkylation sites (N-methyl/N-ethyl adjacent to an activating group) is 1. The van der Waals surface area contributed by atoms with E-state index in [2.05, 4.69) is 70.6 Å². The van der Waals surface area contributed by atoms with Crippen molar-refractivity contribution in [1.29, 1.82) is 0 Å². The van der Waals surface area contributed by atoms with Gasteiger partial charge in [-0.15, -0.1) is 0 Å². The molecule has 0 aliphatic carbocycles. The smallest absolute Gasteiger partial charge is 0.262 e. The van der Waals surface area contributed by atoms with Crippen molar-refractivity contribution in [2.45, 2.75) is 26.1 Å². The van der Waals surface area contributed by atoms with Crippen LogP contribution in [0.3, 0.4) is 0 Å². The molecular weight excluding hydrogens is 450 g/mol. The number of anilines is 3. The Balaban J connectivity index is 1.52. The molecule has 2 heterocycles.